The molecule has 0 aliphatic heterocycles. The van der Waals surface area contributed by atoms with Crippen LogP contribution in [0.2, 0.25) is 0 Å². The fourth-order valence-corrected chi connectivity index (χ4v) is 1.30. The van der Waals surface area contributed by atoms with Crippen molar-refractivity contribution in [2.24, 2.45) is 0 Å². The van der Waals surface area contributed by atoms with Gasteiger partial charge in [0.1, 0.15) is 5.57 Å². The van der Waals surface area contributed by atoms with Crippen molar-refractivity contribution in [2.45, 2.75) is 26.7 Å². The molecule has 0 aromatic rings. The molecule has 0 spiro atoms. The fraction of sp³-hybridized carbons (Fsp3) is 0.600. The first-order valence-corrected chi connectivity index (χ1v) is 4.62. The van der Waals surface area contributed by atoms with Gasteiger partial charge in [0.15, 0.2) is 5.78 Å². The molecular weight excluding hydrogens is 182 g/mol. The van der Waals surface area contributed by atoms with Gasteiger partial charge in [0, 0.05) is 26.2 Å². The summed E-state index contributed by atoms with van der Waals surface area (Å²) >= 11 is 0. The number of carboxylic acids is 1. The van der Waals surface area contributed by atoms with E-state index in [1.165, 1.54) is 0 Å². The van der Waals surface area contributed by atoms with Gasteiger partial charge in [-0.2, -0.15) is 0 Å². The van der Waals surface area contributed by atoms with Crippen LogP contribution in [-0.4, -0.2) is 35.9 Å². The van der Waals surface area contributed by atoms with Gasteiger partial charge in [-0.1, -0.05) is 13.8 Å². The number of carbonyl (C=O) groups is 2. The molecule has 0 aromatic carbocycles. The van der Waals surface area contributed by atoms with E-state index in [0.29, 0.717) is 12.1 Å². The summed E-state index contributed by atoms with van der Waals surface area (Å²) in [6, 6.07) is 0. The lowest BCUT2D eigenvalue weighted by Crippen LogP contribution is -2.21. The lowest BCUT2D eigenvalue weighted by atomic mass is 10.1. The Labute approximate surface area is 84.2 Å². The minimum atomic E-state index is -1.14. The van der Waals surface area contributed by atoms with E-state index < -0.39 is 5.97 Å². The average molecular weight is 199 g/mol. The number of hydrogen-bond acceptors (Lipinski definition) is 3. The van der Waals surface area contributed by atoms with Crippen LogP contribution in [0.1, 0.15) is 26.7 Å². The predicted molar refractivity (Wildman–Crippen MR) is 53.9 cm³/mol. The summed E-state index contributed by atoms with van der Waals surface area (Å²) in [5.74, 6) is -1.45. The van der Waals surface area contributed by atoms with Crippen LogP contribution < -0.4 is 0 Å². The van der Waals surface area contributed by atoms with Crippen molar-refractivity contribution in [1.29, 1.82) is 0 Å². The van der Waals surface area contributed by atoms with E-state index in [2.05, 4.69) is 0 Å². The van der Waals surface area contributed by atoms with Crippen molar-refractivity contribution >= 4 is 11.8 Å². The third-order valence-corrected chi connectivity index (χ3v) is 1.98. The summed E-state index contributed by atoms with van der Waals surface area (Å²) in [7, 11) is 3.48. The highest BCUT2D eigenvalue weighted by Gasteiger charge is 2.21. The second-order valence-corrected chi connectivity index (χ2v) is 3.15. The molecule has 4 heteroatoms. The highest BCUT2D eigenvalue weighted by Crippen LogP contribution is 2.14. The molecule has 0 unspecified atom stereocenters. The molecule has 0 atom stereocenters. The smallest absolute Gasteiger partial charge is 0.341 e. The van der Waals surface area contributed by atoms with E-state index in [1.54, 1.807) is 25.9 Å². The van der Waals surface area contributed by atoms with E-state index in [4.69, 9.17) is 5.11 Å². The lowest BCUT2D eigenvalue weighted by molar-refractivity contribution is -0.134. The SMILES string of the molecule is CCC(=O)C(C(=O)O)=C(CC)N(C)C. The summed E-state index contributed by atoms with van der Waals surface area (Å²) in [5, 5.41) is 8.92. The molecule has 4 nitrogen and oxygen atoms in total. The van der Waals surface area contributed by atoms with Gasteiger partial charge >= 0.3 is 5.97 Å². The summed E-state index contributed by atoms with van der Waals surface area (Å²) in [6.45, 7) is 3.50. The first kappa shape index (κ1) is 12.7. The van der Waals surface area contributed by atoms with Crippen LogP contribution in [0.3, 0.4) is 0 Å². The van der Waals surface area contributed by atoms with Gasteiger partial charge < -0.3 is 10.0 Å². The van der Waals surface area contributed by atoms with Crippen LogP contribution in [0.4, 0.5) is 0 Å². The number of Topliss-reactive ketones (excluding diaryl/α,β-unsaturated/α-hetero) is 1. The zero-order valence-electron chi connectivity index (χ0n) is 9.13. The Morgan fingerprint density at radius 2 is 1.64 bits per heavy atom. The third-order valence-electron chi connectivity index (χ3n) is 1.98. The second-order valence-electron chi connectivity index (χ2n) is 3.15. The van der Waals surface area contributed by atoms with Crippen molar-refractivity contribution < 1.29 is 14.7 Å². The number of aliphatic carboxylic acids is 1. The van der Waals surface area contributed by atoms with E-state index in [0.717, 1.165) is 0 Å². The zero-order chi connectivity index (χ0) is 11.3. The highest BCUT2D eigenvalue weighted by molar-refractivity contribution is 6.17. The molecule has 14 heavy (non-hydrogen) atoms. The molecule has 0 radical (unpaired) electrons. The number of allylic oxidation sites excluding steroid dienone is 1. The maximum absolute atomic E-state index is 11.4. The van der Waals surface area contributed by atoms with Crippen molar-refractivity contribution in [3.63, 3.8) is 0 Å². The Morgan fingerprint density at radius 1 is 1.14 bits per heavy atom. The summed E-state index contributed by atoms with van der Waals surface area (Å²) < 4.78 is 0. The molecule has 0 saturated heterocycles. The van der Waals surface area contributed by atoms with Gasteiger partial charge in [0.05, 0.1) is 0 Å². The van der Waals surface area contributed by atoms with Gasteiger partial charge in [-0.25, -0.2) is 4.79 Å². The van der Waals surface area contributed by atoms with Crippen LogP contribution >= 0.6 is 0 Å². The molecule has 0 aliphatic rings. The number of carboxylic acid groups (broad SMARTS) is 1. The van der Waals surface area contributed by atoms with Crippen molar-refractivity contribution in [3.05, 3.63) is 11.3 Å². The van der Waals surface area contributed by atoms with Crippen LogP contribution in [0.25, 0.3) is 0 Å². The van der Waals surface area contributed by atoms with Gasteiger partial charge in [0.25, 0.3) is 0 Å². The van der Waals surface area contributed by atoms with Gasteiger partial charge in [-0.05, 0) is 6.42 Å². The maximum Gasteiger partial charge on any atom is 0.341 e. The van der Waals surface area contributed by atoms with Crippen molar-refractivity contribution in [3.8, 4) is 0 Å². The number of carbonyl (C=O) groups excluding carboxylic acids is 1. The van der Waals surface area contributed by atoms with E-state index >= 15 is 0 Å². The number of ketones is 1. The number of hydrogen-bond donors (Lipinski definition) is 1. The molecule has 0 bridgehead atoms. The van der Waals surface area contributed by atoms with Crippen LogP contribution in [0.5, 0.6) is 0 Å². The topological polar surface area (TPSA) is 57.6 Å². The lowest BCUT2D eigenvalue weighted by Gasteiger charge is -2.18. The minimum Gasteiger partial charge on any atom is -0.477 e. The molecule has 0 rings (SSSR count). The van der Waals surface area contributed by atoms with Gasteiger partial charge in [-0.3, -0.25) is 4.79 Å². The zero-order valence-corrected chi connectivity index (χ0v) is 9.13. The number of nitrogens with zero attached hydrogens (tertiary/aromatic N) is 1. The summed E-state index contributed by atoms with van der Waals surface area (Å²) in [5.41, 5.74) is 0.490. The first-order valence-electron chi connectivity index (χ1n) is 4.62. The molecule has 0 amide bonds. The van der Waals surface area contributed by atoms with Crippen LogP contribution in [0.15, 0.2) is 11.3 Å². The van der Waals surface area contributed by atoms with E-state index in [1.807, 2.05) is 6.92 Å². The third kappa shape index (κ3) is 2.87. The second kappa shape index (κ2) is 5.42. The van der Waals surface area contributed by atoms with Gasteiger partial charge in [0.2, 0.25) is 0 Å². The fourth-order valence-electron chi connectivity index (χ4n) is 1.30. The Bertz CT molecular complexity index is 267. The average Bonchev–Trinajstić information content (AvgIpc) is 2.11. The van der Waals surface area contributed by atoms with Crippen LogP contribution in [-0.2, 0) is 9.59 Å². The first-order chi connectivity index (χ1) is 6.45. The van der Waals surface area contributed by atoms with Crippen LogP contribution in [0, 0.1) is 0 Å². The van der Waals surface area contributed by atoms with E-state index in [9.17, 15) is 9.59 Å². The van der Waals surface area contributed by atoms with Crippen molar-refractivity contribution in [1.82, 2.24) is 4.90 Å². The highest BCUT2D eigenvalue weighted by atomic mass is 16.4. The van der Waals surface area contributed by atoms with Gasteiger partial charge in [-0.15, -0.1) is 0 Å². The maximum atomic E-state index is 11.4. The summed E-state index contributed by atoms with van der Waals surface area (Å²) in [4.78, 5) is 24.0. The molecule has 1 N–H and O–H groups in total. The Hall–Kier alpha value is -1.32. The molecule has 0 fully saturated rings. The minimum absolute atomic E-state index is 0.0833. The monoisotopic (exact) mass is 199 g/mol. The Morgan fingerprint density at radius 3 is 1.86 bits per heavy atom. The largest absolute Gasteiger partial charge is 0.477 e. The predicted octanol–water partition coefficient (Wildman–Crippen LogP) is 1.28. The van der Waals surface area contributed by atoms with Crippen molar-refractivity contribution in [2.75, 3.05) is 14.1 Å². The normalized spacial score (nSPS) is 12.0. The molecular formula is C10H17NO3. The molecule has 0 aliphatic carbocycles. The molecule has 0 saturated carbocycles. The Kier molecular flexibility index (Phi) is 4.91. The molecule has 0 heterocycles. The molecule has 80 valence electrons. The molecule has 0 aromatic heterocycles. The summed E-state index contributed by atoms with van der Waals surface area (Å²) in [6.07, 6.45) is 0.763. The van der Waals surface area contributed by atoms with E-state index in [-0.39, 0.29) is 17.8 Å². The number of rotatable bonds is 5. The standard InChI is InChI=1S/C10H17NO3/c1-5-7(11(3)4)9(10(13)14)8(12)6-2/h5-6H2,1-4H3,(H,13,14). The Balaban J connectivity index is 5.32. The quantitative estimate of drug-likeness (QED) is 0.411.